The van der Waals surface area contributed by atoms with Crippen molar-refractivity contribution in [1.82, 2.24) is 0 Å². The minimum absolute atomic E-state index is 0.0312. The molecule has 0 radical (unpaired) electrons. The van der Waals surface area contributed by atoms with Crippen molar-refractivity contribution < 1.29 is 17.9 Å². The summed E-state index contributed by atoms with van der Waals surface area (Å²) in [6.07, 6.45) is 1.07. The zero-order chi connectivity index (χ0) is 19.2. The first-order valence-electron chi connectivity index (χ1n) is 7.73. The Balaban J connectivity index is 2.45. The van der Waals surface area contributed by atoms with Crippen LogP contribution in [-0.2, 0) is 19.6 Å². The summed E-state index contributed by atoms with van der Waals surface area (Å²) in [6, 6.07) is 16.2. The zero-order valence-electron chi connectivity index (χ0n) is 14.6. The topological polar surface area (TPSA) is 63.7 Å². The lowest BCUT2D eigenvalue weighted by atomic mass is 10.1. The Bertz CT molecular complexity index is 970. The van der Waals surface area contributed by atoms with E-state index in [0.29, 0.717) is 11.3 Å². The quantitative estimate of drug-likeness (QED) is 0.462. The van der Waals surface area contributed by atoms with Crippen molar-refractivity contribution in [2.24, 2.45) is 0 Å². The number of anilines is 1. The number of rotatable bonds is 5. The molecule has 0 saturated heterocycles. The highest BCUT2D eigenvalue weighted by molar-refractivity contribution is 7.92. The van der Waals surface area contributed by atoms with E-state index in [0.717, 1.165) is 16.1 Å². The fourth-order valence-corrected chi connectivity index (χ4v) is 3.13. The number of para-hydroxylation sites is 1. The van der Waals surface area contributed by atoms with E-state index in [9.17, 15) is 13.2 Å². The molecule has 2 aromatic carbocycles. The third-order valence-electron chi connectivity index (χ3n) is 3.50. The van der Waals surface area contributed by atoms with Gasteiger partial charge in [-0.15, -0.1) is 0 Å². The Kier molecular flexibility index (Phi) is 6.21. The van der Waals surface area contributed by atoms with Crippen molar-refractivity contribution in [3.05, 3.63) is 77.9 Å². The molecule has 0 amide bonds. The molecule has 5 nitrogen and oxygen atoms in total. The SMILES string of the molecule is C=C(CN(c1ccccc1C#Cc1ccccc1)S(C)(=O)=O)C(=O)OC. The Morgan fingerprint density at radius 1 is 1.08 bits per heavy atom. The molecule has 0 fully saturated rings. The molecule has 0 spiro atoms. The average molecular weight is 369 g/mol. The van der Waals surface area contributed by atoms with Gasteiger partial charge < -0.3 is 4.74 Å². The number of esters is 1. The molecule has 0 aliphatic rings. The van der Waals surface area contributed by atoms with Gasteiger partial charge in [0.1, 0.15) is 0 Å². The number of carbonyl (C=O) groups excluding carboxylic acids is 1. The molecular formula is C20H19NO4S. The van der Waals surface area contributed by atoms with Gasteiger partial charge in [0.15, 0.2) is 0 Å². The predicted octanol–water partition coefficient (Wildman–Crippen LogP) is 2.58. The van der Waals surface area contributed by atoms with Gasteiger partial charge in [-0.1, -0.05) is 48.8 Å². The molecule has 0 saturated carbocycles. The number of nitrogens with zero attached hydrogens (tertiary/aromatic N) is 1. The van der Waals surface area contributed by atoms with Crippen LogP contribution in [0, 0.1) is 11.8 Å². The first-order chi connectivity index (χ1) is 12.3. The first-order valence-corrected chi connectivity index (χ1v) is 9.57. The average Bonchev–Trinajstić information content (AvgIpc) is 2.63. The second-order valence-electron chi connectivity index (χ2n) is 5.50. The number of benzene rings is 2. The number of hydrogen-bond acceptors (Lipinski definition) is 4. The Labute approximate surface area is 154 Å². The fourth-order valence-electron chi connectivity index (χ4n) is 2.22. The third kappa shape index (κ3) is 4.98. The monoisotopic (exact) mass is 369 g/mol. The van der Waals surface area contributed by atoms with Crippen molar-refractivity contribution in [1.29, 1.82) is 0 Å². The van der Waals surface area contributed by atoms with E-state index in [2.05, 4.69) is 23.2 Å². The first kappa shape index (κ1) is 19.3. The standard InChI is InChI=1S/C20H19NO4S/c1-16(20(22)25-2)15-21(26(3,23)24)19-12-8-7-11-18(19)14-13-17-9-5-4-6-10-17/h4-12H,1,15H2,2-3H3. The Hall–Kier alpha value is -3.04. The highest BCUT2D eigenvalue weighted by Gasteiger charge is 2.23. The van der Waals surface area contributed by atoms with Crippen molar-refractivity contribution in [3.63, 3.8) is 0 Å². The summed E-state index contributed by atoms with van der Waals surface area (Å²) < 4.78 is 30.3. The van der Waals surface area contributed by atoms with Gasteiger partial charge in [0, 0.05) is 11.1 Å². The van der Waals surface area contributed by atoms with E-state index in [4.69, 9.17) is 0 Å². The van der Waals surface area contributed by atoms with E-state index in [1.807, 2.05) is 30.3 Å². The molecule has 0 aromatic heterocycles. The molecule has 0 bridgehead atoms. The largest absolute Gasteiger partial charge is 0.466 e. The molecule has 2 aromatic rings. The van der Waals surface area contributed by atoms with E-state index >= 15 is 0 Å². The van der Waals surface area contributed by atoms with Crippen LogP contribution < -0.4 is 4.31 Å². The Morgan fingerprint density at radius 2 is 1.69 bits per heavy atom. The minimum Gasteiger partial charge on any atom is -0.466 e. The number of hydrogen-bond donors (Lipinski definition) is 0. The number of carbonyl (C=O) groups is 1. The summed E-state index contributed by atoms with van der Waals surface area (Å²) in [5.74, 6) is 5.35. The summed E-state index contributed by atoms with van der Waals surface area (Å²) >= 11 is 0. The van der Waals surface area contributed by atoms with Crippen LogP contribution in [0.5, 0.6) is 0 Å². The van der Waals surface area contributed by atoms with Gasteiger partial charge in [0.25, 0.3) is 0 Å². The summed E-state index contributed by atoms with van der Waals surface area (Å²) in [5.41, 5.74) is 1.75. The molecule has 0 unspecified atom stereocenters. The molecule has 0 aliphatic carbocycles. The molecule has 0 N–H and O–H groups in total. The van der Waals surface area contributed by atoms with Crippen LogP contribution in [0.4, 0.5) is 5.69 Å². The molecule has 26 heavy (non-hydrogen) atoms. The molecule has 0 heterocycles. The van der Waals surface area contributed by atoms with Crippen LogP contribution in [0.3, 0.4) is 0 Å². The third-order valence-corrected chi connectivity index (χ3v) is 4.62. The lowest BCUT2D eigenvalue weighted by molar-refractivity contribution is -0.136. The van der Waals surface area contributed by atoms with E-state index in [1.165, 1.54) is 7.11 Å². The predicted molar refractivity (Wildman–Crippen MR) is 102 cm³/mol. The smallest absolute Gasteiger partial charge is 0.334 e. The van der Waals surface area contributed by atoms with Gasteiger partial charge in [0.2, 0.25) is 10.0 Å². The van der Waals surface area contributed by atoms with Crippen LogP contribution in [0.15, 0.2) is 66.7 Å². The van der Waals surface area contributed by atoms with Gasteiger partial charge in [-0.05, 0) is 24.3 Å². The molecule has 6 heteroatoms. The maximum atomic E-state index is 12.3. The highest BCUT2D eigenvalue weighted by atomic mass is 32.2. The van der Waals surface area contributed by atoms with Crippen LogP contribution in [0.2, 0.25) is 0 Å². The fraction of sp³-hybridized carbons (Fsp3) is 0.150. The van der Waals surface area contributed by atoms with Crippen LogP contribution in [0.25, 0.3) is 0 Å². The molecule has 0 atom stereocenters. The summed E-state index contributed by atoms with van der Waals surface area (Å²) in [4.78, 5) is 11.6. The van der Waals surface area contributed by atoms with Crippen LogP contribution in [0.1, 0.15) is 11.1 Å². The summed E-state index contributed by atoms with van der Waals surface area (Å²) in [7, 11) is -2.44. The molecule has 2 rings (SSSR count). The maximum absolute atomic E-state index is 12.3. The van der Waals surface area contributed by atoms with Gasteiger partial charge in [-0.3, -0.25) is 4.31 Å². The van der Waals surface area contributed by atoms with E-state index in [1.54, 1.807) is 24.3 Å². The van der Waals surface area contributed by atoms with Crippen LogP contribution in [-0.4, -0.2) is 34.3 Å². The Morgan fingerprint density at radius 3 is 2.31 bits per heavy atom. The van der Waals surface area contributed by atoms with Crippen molar-refractivity contribution >= 4 is 21.7 Å². The van der Waals surface area contributed by atoms with Gasteiger partial charge in [0.05, 0.1) is 31.2 Å². The maximum Gasteiger partial charge on any atom is 0.334 e. The molecular weight excluding hydrogens is 350 g/mol. The van der Waals surface area contributed by atoms with Gasteiger partial charge in [-0.2, -0.15) is 0 Å². The minimum atomic E-state index is -3.66. The molecule has 0 aliphatic heterocycles. The summed E-state index contributed by atoms with van der Waals surface area (Å²) in [6.45, 7) is 3.40. The van der Waals surface area contributed by atoms with Crippen molar-refractivity contribution in [3.8, 4) is 11.8 Å². The highest BCUT2D eigenvalue weighted by Crippen LogP contribution is 2.23. The van der Waals surface area contributed by atoms with Gasteiger partial charge >= 0.3 is 5.97 Å². The number of sulfonamides is 1. The van der Waals surface area contributed by atoms with Crippen molar-refractivity contribution in [2.45, 2.75) is 0 Å². The normalized spacial score (nSPS) is 10.4. The van der Waals surface area contributed by atoms with Crippen LogP contribution >= 0.6 is 0 Å². The zero-order valence-corrected chi connectivity index (χ0v) is 15.4. The second-order valence-corrected chi connectivity index (χ2v) is 7.40. The molecule has 134 valence electrons. The van der Waals surface area contributed by atoms with Crippen molar-refractivity contribution in [2.75, 3.05) is 24.2 Å². The summed E-state index contributed by atoms with van der Waals surface area (Å²) in [5, 5.41) is 0. The van der Waals surface area contributed by atoms with E-state index in [-0.39, 0.29) is 12.1 Å². The van der Waals surface area contributed by atoms with Gasteiger partial charge in [-0.25, -0.2) is 13.2 Å². The lowest BCUT2D eigenvalue weighted by Crippen LogP contribution is -2.34. The van der Waals surface area contributed by atoms with E-state index < -0.39 is 16.0 Å². The second kappa shape index (κ2) is 8.37. The number of ether oxygens (including phenoxy) is 1. The lowest BCUT2D eigenvalue weighted by Gasteiger charge is -2.23. The number of methoxy groups -OCH3 is 1.